The van der Waals surface area contributed by atoms with E-state index in [1.54, 1.807) is 11.6 Å². The van der Waals surface area contributed by atoms with Crippen LogP contribution in [0, 0.1) is 0 Å². The number of rotatable bonds is 4. The number of carbonyl (C=O) groups excluding carboxylic acids is 1. The van der Waals surface area contributed by atoms with Crippen molar-refractivity contribution in [1.29, 1.82) is 0 Å². The quantitative estimate of drug-likeness (QED) is 0.877. The van der Waals surface area contributed by atoms with Crippen molar-refractivity contribution in [2.45, 2.75) is 13.5 Å². The first-order valence-electron chi connectivity index (χ1n) is 5.86. The van der Waals surface area contributed by atoms with Crippen LogP contribution in [-0.4, -0.2) is 22.4 Å². The Morgan fingerprint density at radius 2 is 2.11 bits per heavy atom. The van der Waals surface area contributed by atoms with E-state index >= 15 is 0 Å². The molecule has 2 N–H and O–H groups in total. The standard InChI is InChI=1S/C13H14BrN3O2/c1-2-19-13(18)11-10(14)12(15)17(16-11)8-9-6-4-3-5-7-9/h3-7H,2,8,15H2,1H3. The largest absolute Gasteiger partial charge is 0.461 e. The van der Waals surface area contributed by atoms with Crippen LogP contribution >= 0.6 is 15.9 Å². The van der Waals surface area contributed by atoms with Gasteiger partial charge < -0.3 is 10.5 Å². The highest BCUT2D eigenvalue weighted by atomic mass is 79.9. The molecule has 1 aromatic carbocycles. The van der Waals surface area contributed by atoms with Gasteiger partial charge in [-0.3, -0.25) is 0 Å². The summed E-state index contributed by atoms with van der Waals surface area (Å²) >= 11 is 3.28. The molecule has 0 radical (unpaired) electrons. The molecule has 5 nitrogen and oxygen atoms in total. The van der Waals surface area contributed by atoms with Crippen molar-refractivity contribution in [2.24, 2.45) is 0 Å². The summed E-state index contributed by atoms with van der Waals surface area (Å²) < 4.78 is 6.98. The Bertz CT molecular complexity index is 581. The smallest absolute Gasteiger partial charge is 0.360 e. The van der Waals surface area contributed by atoms with E-state index in [0.717, 1.165) is 5.56 Å². The van der Waals surface area contributed by atoms with Gasteiger partial charge in [-0.15, -0.1) is 0 Å². The average Bonchev–Trinajstić information content (AvgIpc) is 2.69. The Kier molecular flexibility index (Phi) is 4.21. The molecule has 0 aliphatic rings. The zero-order chi connectivity index (χ0) is 13.8. The van der Waals surface area contributed by atoms with Gasteiger partial charge in [-0.05, 0) is 28.4 Å². The number of hydrogen-bond donors (Lipinski definition) is 1. The van der Waals surface area contributed by atoms with Crippen LogP contribution in [0.3, 0.4) is 0 Å². The van der Waals surface area contributed by atoms with Crippen LogP contribution < -0.4 is 5.73 Å². The molecule has 100 valence electrons. The highest BCUT2D eigenvalue weighted by Crippen LogP contribution is 2.25. The molecule has 0 atom stereocenters. The molecule has 0 spiro atoms. The SMILES string of the molecule is CCOC(=O)c1nn(Cc2ccccc2)c(N)c1Br. The molecule has 0 unspecified atom stereocenters. The molecule has 0 bridgehead atoms. The second kappa shape index (κ2) is 5.88. The van der Waals surface area contributed by atoms with Crippen molar-refractivity contribution < 1.29 is 9.53 Å². The summed E-state index contributed by atoms with van der Waals surface area (Å²) in [5, 5.41) is 4.19. The summed E-state index contributed by atoms with van der Waals surface area (Å²) in [5.74, 6) is -0.0696. The van der Waals surface area contributed by atoms with Crippen LogP contribution in [0.15, 0.2) is 34.8 Å². The van der Waals surface area contributed by atoms with E-state index in [4.69, 9.17) is 10.5 Å². The number of benzene rings is 1. The van der Waals surface area contributed by atoms with E-state index < -0.39 is 5.97 Å². The second-order valence-corrected chi connectivity index (χ2v) is 4.70. The Hall–Kier alpha value is -1.82. The van der Waals surface area contributed by atoms with Gasteiger partial charge in [0.15, 0.2) is 5.69 Å². The third kappa shape index (κ3) is 2.96. The molecule has 2 rings (SSSR count). The molecule has 0 saturated heterocycles. The average molecular weight is 324 g/mol. The van der Waals surface area contributed by atoms with Crippen LogP contribution in [-0.2, 0) is 11.3 Å². The van der Waals surface area contributed by atoms with E-state index in [0.29, 0.717) is 23.4 Å². The number of ether oxygens (including phenoxy) is 1. The molecule has 0 saturated carbocycles. The van der Waals surface area contributed by atoms with Gasteiger partial charge >= 0.3 is 5.97 Å². The molecule has 1 aromatic heterocycles. The third-order valence-corrected chi connectivity index (χ3v) is 3.36. The number of halogens is 1. The van der Waals surface area contributed by atoms with E-state index in [1.807, 2.05) is 30.3 Å². The van der Waals surface area contributed by atoms with E-state index in [9.17, 15) is 4.79 Å². The number of anilines is 1. The Labute approximate surface area is 119 Å². The Morgan fingerprint density at radius 3 is 2.74 bits per heavy atom. The van der Waals surface area contributed by atoms with E-state index in [-0.39, 0.29) is 5.69 Å². The summed E-state index contributed by atoms with van der Waals surface area (Å²) in [7, 11) is 0. The minimum atomic E-state index is -0.479. The fraction of sp³-hybridized carbons (Fsp3) is 0.231. The molecule has 0 aliphatic carbocycles. The summed E-state index contributed by atoms with van der Waals surface area (Å²) in [6, 6.07) is 9.76. The van der Waals surface area contributed by atoms with Crippen LogP contribution in [0.25, 0.3) is 0 Å². The number of carbonyl (C=O) groups is 1. The molecule has 0 aliphatic heterocycles. The molecular weight excluding hydrogens is 310 g/mol. The van der Waals surface area contributed by atoms with E-state index in [1.165, 1.54) is 0 Å². The molecular formula is C13H14BrN3O2. The van der Waals surface area contributed by atoms with Gasteiger partial charge in [0.1, 0.15) is 5.82 Å². The van der Waals surface area contributed by atoms with Gasteiger partial charge in [-0.25, -0.2) is 9.48 Å². The van der Waals surface area contributed by atoms with Crippen molar-refractivity contribution in [1.82, 2.24) is 9.78 Å². The van der Waals surface area contributed by atoms with Gasteiger partial charge in [-0.1, -0.05) is 30.3 Å². The fourth-order valence-corrected chi connectivity index (χ4v) is 2.11. The maximum Gasteiger partial charge on any atom is 0.360 e. The molecule has 0 amide bonds. The highest BCUT2D eigenvalue weighted by molar-refractivity contribution is 9.10. The monoisotopic (exact) mass is 323 g/mol. The summed E-state index contributed by atoms with van der Waals surface area (Å²) in [6.45, 7) is 2.55. The number of nitrogen functional groups attached to an aromatic ring is 1. The zero-order valence-corrected chi connectivity index (χ0v) is 12.1. The number of esters is 1. The third-order valence-electron chi connectivity index (χ3n) is 2.58. The first-order valence-corrected chi connectivity index (χ1v) is 6.65. The lowest BCUT2D eigenvalue weighted by molar-refractivity contribution is 0.0517. The van der Waals surface area contributed by atoms with Gasteiger partial charge in [0.2, 0.25) is 0 Å². The number of hydrogen-bond acceptors (Lipinski definition) is 4. The lowest BCUT2D eigenvalue weighted by atomic mass is 10.2. The van der Waals surface area contributed by atoms with Crippen molar-refractivity contribution in [3.63, 3.8) is 0 Å². The summed E-state index contributed by atoms with van der Waals surface area (Å²) in [5.41, 5.74) is 7.19. The maximum absolute atomic E-state index is 11.7. The number of nitrogens with zero attached hydrogens (tertiary/aromatic N) is 2. The van der Waals surface area contributed by atoms with Crippen LogP contribution in [0.1, 0.15) is 23.0 Å². The fourth-order valence-electron chi connectivity index (χ4n) is 1.66. The second-order valence-electron chi connectivity index (χ2n) is 3.91. The van der Waals surface area contributed by atoms with Gasteiger partial charge in [0.25, 0.3) is 0 Å². The van der Waals surface area contributed by atoms with Crippen molar-refractivity contribution in [3.8, 4) is 0 Å². The van der Waals surface area contributed by atoms with Crippen molar-refractivity contribution >= 4 is 27.7 Å². The zero-order valence-electron chi connectivity index (χ0n) is 10.5. The van der Waals surface area contributed by atoms with Gasteiger partial charge in [0, 0.05) is 0 Å². The highest BCUT2D eigenvalue weighted by Gasteiger charge is 2.20. The lowest BCUT2D eigenvalue weighted by Gasteiger charge is -2.03. The van der Waals surface area contributed by atoms with Gasteiger partial charge in [-0.2, -0.15) is 5.10 Å². The first-order chi connectivity index (χ1) is 9.13. The lowest BCUT2D eigenvalue weighted by Crippen LogP contribution is -2.09. The van der Waals surface area contributed by atoms with Crippen molar-refractivity contribution in [2.75, 3.05) is 12.3 Å². The topological polar surface area (TPSA) is 70.1 Å². The van der Waals surface area contributed by atoms with Crippen LogP contribution in [0.2, 0.25) is 0 Å². The van der Waals surface area contributed by atoms with E-state index in [2.05, 4.69) is 21.0 Å². The molecule has 6 heteroatoms. The molecule has 0 fully saturated rings. The minimum absolute atomic E-state index is 0.204. The predicted molar refractivity (Wildman–Crippen MR) is 75.8 cm³/mol. The first kappa shape index (κ1) is 13.6. The Balaban J connectivity index is 2.28. The van der Waals surface area contributed by atoms with Crippen LogP contribution in [0.4, 0.5) is 5.82 Å². The van der Waals surface area contributed by atoms with Crippen LogP contribution in [0.5, 0.6) is 0 Å². The predicted octanol–water partition coefficient (Wildman–Crippen LogP) is 2.45. The number of nitrogens with two attached hydrogens (primary N) is 1. The van der Waals surface area contributed by atoms with Gasteiger partial charge in [0.05, 0.1) is 17.6 Å². The normalized spacial score (nSPS) is 10.4. The minimum Gasteiger partial charge on any atom is -0.461 e. The Morgan fingerprint density at radius 1 is 1.42 bits per heavy atom. The maximum atomic E-state index is 11.7. The molecule has 2 aromatic rings. The summed E-state index contributed by atoms with van der Waals surface area (Å²) in [6.07, 6.45) is 0. The summed E-state index contributed by atoms with van der Waals surface area (Å²) in [4.78, 5) is 11.7. The molecule has 19 heavy (non-hydrogen) atoms. The number of aromatic nitrogens is 2. The molecule has 1 heterocycles. The van der Waals surface area contributed by atoms with Crippen molar-refractivity contribution in [3.05, 3.63) is 46.1 Å².